The Balaban J connectivity index is 4.04. The van der Waals surface area contributed by atoms with Gasteiger partial charge in [-0.25, -0.2) is 0 Å². The molecule has 0 aliphatic heterocycles. The third kappa shape index (κ3) is 6.57. The number of hydrogen-bond donors (Lipinski definition) is 0. The van der Waals surface area contributed by atoms with Crippen molar-refractivity contribution < 1.29 is 0 Å². The molecule has 0 aromatic heterocycles. The molecule has 0 aromatic carbocycles. The van der Waals surface area contributed by atoms with Crippen LogP contribution < -0.4 is 0 Å². The standard InChI is InChI=1S/C12H25/c1-10(2)8-12(6,7)9-11(3,4)5/h10H,1,8-9H2,2-7H3/q+1. The summed E-state index contributed by atoms with van der Waals surface area (Å²) in [5.74, 6) is 0.572. The van der Waals surface area contributed by atoms with E-state index in [1.807, 2.05) is 0 Å². The highest BCUT2D eigenvalue weighted by Crippen LogP contribution is 2.37. The lowest BCUT2D eigenvalue weighted by atomic mass is 9.72. The maximum atomic E-state index is 4.05. The molecule has 0 heterocycles. The first-order chi connectivity index (χ1) is 5.12. The van der Waals surface area contributed by atoms with Crippen molar-refractivity contribution in [1.29, 1.82) is 0 Å². The Morgan fingerprint density at radius 1 is 1.08 bits per heavy atom. The van der Waals surface area contributed by atoms with Gasteiger partial charge in [-0.3, -0.25) is 0 Å². The van der Waals surface area contributed by atoms with E-state index in [-0.39, 0.29) is 0 Å². The molecule has 0 heteroatoms. The van der Waals surface area contributed by atoms with E-state index in [1.165, 1.54) is 12.8 Å². The van der Waals surface area contributed by atoms with Crippen molar-refractivity contribution in [3.05, 3.63) is 6.92 Å². The SMILES string of the molecule is [CH2+]C(C)CC(C)(C)CC(C)(C)C. The Hall–Kier alpha value is -0.130. The maximum absolute atomic E-state index is 4.05. The highest BCUT2D eigenvalue weighted by atomic mass is 14.3. The molecule has 1 atom stereocenters. The molecule has 0 rings (SSSR count). The average Bonchev–Trinajstić information content (AvgIpc) is 1.48. The van der Waals surface area contributed by atoms with Crippen LogP contribution in [0.2, 0.25) is 0 Å². The van der Waals surface area contributed by atoms with Crippen molar-refractivity contribution in [1.82, 2.24) is 0 Å². The zero-order valence-electron chi connectivity index (χ0n) is 9.70. The van der Waals surface area contributed by atoms with Crippen LogP contribution in [0.25, 0.3) is 0 Å². The summed E-state index contributed by atoms with van der Waals surface area (Å²) in [7, 11) is 0. The summed E-state index contributed by atoms with van der Waals surface area (Å²) in [5.41, 5.74) is 0.887. The quantitative estimate of drug-likeness (QED) is 0.552. The van der Waals surface area contributed by atoms with Crippen LogP contribution >= 0.6 is 0 Å². The Morgan fingerprint density at radius 3 is 1.75 bits per heavy atom. The van der Waals surface area contributed by atoms with E-state index in [1.54, 1.807) is 0 Å². The van der Waals surface area contributed by atoms with E-state index >= 15 is 0 Å². The third-order valence-corrected chi connectivity index (χ3v) is 1.91. The van der Waals surface area contributed by atoms with Gasteiger partial charge in [0.05, 0.1) is 12.8 Å². The van der Waals surface area contributed by atoms with Gasteiger partial charge < -0.3 is 0 Å². The van der Waals surface area contributed by atoms with Crippen LogP contribution in [-0.2, 0) is 0 Å². The monoisotopic (exact) mass is 169 g/mol. The lowest BCUT2D eigenvalue weighted by molar-refractivity contribution is 0.184. The van der Waals surface area contributed by atoms with Crippen molar-refractivity contribution in [2.45, 2.75) is 54.4 Å². The van der Waals surface area contributed by atoms with Gasteiger partial charge in [0.1, 0.15) is 0 Å². The van der Waals surface area contributed by atoms with Gasteiger partial charge in [-0.1, -0.05) is 34.6 Å². The fourth-order valence-corrected chi connectivity index (χ4v) is 2.45. The molecule has 0 spiro atoms. The van der Waals surface area contributed by atoms with Gasteiger partial charge in [0, 0.05) is 0 Å². The van der Waals surface area contributed by atoms with Crippen molar-refractivity contribution >= 4 is 0 Å². The summed E-state index contributed by atoms with van der Waals surface area (Å²) in [6.45, 7) is 17.9. The second kappa shape index (κ2) is 3.72. The number of hydrogen-bond acceptors (Lipinski definition) is 0. The summed E-state index contributed by atoms with van der Waals surface area (Å²) in [5, 5.41) is 0. The summed E-state index contributed by atoms with van der Waals surface area (Å²) in [6, 6.07) is 0. The molecule has 0 nitrogen and oxygen atoms in total. The normalized spacial score (nSPS) is 16.2. The van der Waals surface area contributed by atoms with Crippen molar-refractivity contribution in [3.63, 3.8) is 0 Å². The molecule has 0 radical (unpaired) electrons. The molecule has 0 bridgehead atoms. The predicted octanol–water partition coefficient (Wildman–Crippen LogP) is 4.31. The molecule has 0 saturated carbocycles. The molecule has 0 aliphatic carbocycles. The van der Waals surface area contributed by atoms with Gasteiger partial charge in [-0.05, 0) is 30.6 Å². The van der Waals surface area contributed by atoms with E-state index < -0.39 is 0 Å². The third-order valence-electron chi connectivity index (χ3n) is 1.91. The van der Waals surface area contributed by atoms with Gasteiger partial charge in [-0.2, -0.15) is 0 Å². The summed E-state index contributed by atoms with van der Waals surface area (Å²) < 4.78 is 0. The minimum atomic E-state index is 0.443. The molecular weight excluding hydrogens is 144 g/mol. The molecule has 1 unspecified atom stereocenters. The summed E-state index contributed by atoms with van der Waals surface area (Å²) >= 11 is 0. The second-order valence-electron chi connectivity index (χ2n) is 6.21. The number of rotatable bonds is 3. The van der Waals surface area contributed by atoms with Crippen LogP contribution in [0, 0.1) is 23.7 Å². The molecule has 0 aliphatic rings. The van der Waals surface area contributed by atoms with Gasteiger partial charge in [0.15, 0.2) is 0 Å². The zero-order valence-corrected chi connectivity index (χ0v) is 9.70. The van der Waals surface area contributed by atoms with Gasteiger partial charge in [-0.15, -0.1) is 0 Å². The van der Waals surface area contributed by atoms with E-state index in [9.17, 15) is 0 Å². The second-order valence-corrected chi connectivity index (χ2v) is 6.21. The highest BCUT2D eigenvalue weighted by molar-refractivity contribution is 4.78. The lowest BCUT2D eigenvalue weighted by Gasteiger charge is -2.32. The van der Waals surface area contributed by atoms with E-state index in [0.29, 0.717) is 16.7 Å². The zero-order chi connectivity index (χ0) is 9.99. The van der Waals surface area contributed by atoms with Crippen LogP contribution in [0.1, 0.15) is 54.4 Å². The van der Waals surface area contributed by atoms with E-state index in [2.05, 4.69) is 48.5 Å². The topological polar surface area (TPSA) is 0 Å². The highest BCUT2D eigenvalue weighted by Gasteiger charge is 2.27. The van der Waals surface area contributed by atoms with Crippen LogP contribution in [0.4, 0.5) is 0 Å². The predicted molar refractivity (Wildman–Crippen MR) is 57.0 cm³/mol. The smallest absolute Gasteiger partial charge is 0.0602 e. The Labute approximate surface area is 78.8 Å². The van der Waals surface area contributed by atoms with Gasteiger partial charge in [0.25, 0.3) is 0 Å². The summed E-state index contributed by atoms with van der Waals surface area (Å²) in [4.78, 5) is 0. The Bertz CT molecular complexity index is 123. The van der Waals surface area contributed by atoms with Crippen LogP contribution in [0.5, 0.6) is 0 Å². The van der Waals surface area contributed by atoms with Crippen molar-refractivity contribution in [3.8, 4) is 0 Å². The average molecular weight is 169 g/mol. The lowest BCUT2D eigenvalue weighted by Crippen LogP contribution is -2.22. The minimum Gasteiger partial charge on any atom is -0.0602 e. The first kappa shape index (κ1) is 11.9. The van der Waals surface area contributed by atoms with E-state index in [0.717, 1.165) is 0 Å². The minimum absolute atomic E-state index is 0.443. The molecule has 0 aromatic rings. The van der Waals surface area contributed by atoms with Crippen molar-refractivity contribution in [2.75, 3.05) is 0 Å². The summed E-state index contributed by atoms with van der Waals surface area (Å²) in [6.07, 6.45) is 2.50. The van der Waals surface area contributed by atoms with Crippen LogP contribution in [0.3, 0.4) is 0 Å². The molecule has 0 fully saturated rings. The molecule has 0 N–H and O–H groups in total. The molecular formula is C12H25+. The van der Waals surface area contributed by atoms with E-state index in [4.69, 9.17) is 0 Å². The fraction of sp³-hybridized carbons (Fsp3) is 0.917. The molecule has 0 amide bonds. The maximum Gasteiger partial charge on any atom is 0.0930 e. The Kier molecular flexibility index (Phi) is 3.68. The first-order valence-electron chi connectivity index (χ1n) is 4.95. The molecule has 0 saturated heterocycles. The molecule has 12 heavy (non-hydrogen) atoms. The molecule has 72 valence electrons. The fourth-order valence-electron chi connectivity index (χ4n) is 2.45. The van der Waals surface area contributed by atoms with Crippen LogP contribution in [-0.4, -0.2) is 0 Å². The Morgan fingerprint density at radius 2 is 1.50 bits per heavy atom. The van der Waals surface area contributed by atoms with Gasteiger partial charge >= 0.3 is 0 Å². The van der Waals surface area contributed by atoms with Crippen LogP contribution in [0.15, 0.2) is 0 Å². The van der Waals surface area contributed by atoms with Gasteiger partial charge in [0.2, 0.25) is 0 Å². The van der Waals surface area contributed by atoms with Crippen molar-refractivity contribution in [2.24, 2.45) is 16.7 Å². The first-order valence-corrected chi connectivity index (χ1v) is 4.95. The largest absolute Gasteiger partial charge is 0.0930 e.